The van der Waals surface area contributed by atoms with Gasteiger partial charge in [0.25, 0.3) is 0 Å². The smallest absolute Gasteiger partial charge is 0.425 e. The lowest BCUT2D eigenvalue weighted by Crippen LogP contribution is -2.31. The van der Waals surface area contributed by atoms with Gasteiger partial charge in [0.15, 0.2) is 17.7 Å². The van der Waals surface area contributed by atoms with Crippen LogP contribution in [0.2, 0.25) is 0 Å². The van der Waals surface area contributed by atoms with Gasteiger partial charge in [-0.15, -0.1) is 5.10 Å². The van der Waals surface area contributed by atoms with Gasteiger partial charge in [0, 0.05) is 25.0 Å². The first-order valence-corrected chi connectivity index (χ1v) is 10.7. The number of hydrogen-bond acceptors (Lipinski definition) is 7. The average Bonchev–Trinajstić information content (AvgIpc) is 3.15. The van der Waals surface area contributed by atoms with Crippen LogP contribution in [0.15, 0.2) is 47.7 Å². The molecule has 3 aromatic heterocycles. The van der Waals surface area contributed by atoms with Gasteiger partial charge in [-0.05, 0) is 49.9 Å². The molecule has 0 aliphatic heterocycles. The molecule has 4 rings (SSSR count). The minimum Gasteiger partial charge on any atom is -0.480 e. The lowest BCUT2D eigenvalue weighted by Gasteiger charge is -2.20. The summed E-state index contributed by atoms with van der Waals surface area (Å²) < 4.78 is 53.7. The molecule has 0 saturated heterocycles. The zero-order chi connectivity index (χ0) is 25.3. The Bertz CT molecular complexity index is 1430. The van der Waals surface area contributed by atoms with E-state index >= 15 is 0 Å². The van der Waals surface area contributed by atoms with Crippen LogP contribution in [-0.4, -0.2) is 41.7 Å². The van der Waals surface area contributed by atoms with E-state index in [0.29, 0.717) is 11.1 Å². The second-order valence-electron chi connectivity index (χ2n) is 7.72. The van der Waals surface area contributed by atoms with Crippen LogP contribution in [-0.2, 0) is 13.2 Å². The number of aromatic nitrogens is 5. The maximum atomic E-state index is 13.4. The molecule has 35 heavy (non-hydrogen) atoms. The van der Waals surface area contributed by atoms with Crippen LogP contribution in [0.4, 0.5) is 13.2 Å². The number of halogens is 3. The summed E-state index contributed by atoms with van der Waals surface area (Å²) >= 11 is 0. The zero-order valence-corrected chi connectivity index (χ0v) is 19.1. The molecule has 1 atom stereocenters. The summed E-state index contributed by atoms with van der Waals surface area (Å²) in [6.45, 7) is 4.15. The number of pyridine rings is 2. The third kappa shape index (κ3) is 4.69. The van der Waals surface area contributed by atoms with Crippen molar-refractivity contribution in [1.82, 2.24) is 24.3 Å². The highest BCUT2D eigenvalue weighted by atomic mass is 19.4. The van der Waals surface area contributed by atoms with Crippen LogP contribution >= 0.6 is 0 Å². The Morgan fingerprint density at radius 3 is 2.57 bits per heavy atom. The molecule has 0 spiro atoms. The minimum atomic E-state index is -4.64. The summed E-state index contributed by atoms with van der Waals surface area (Å²) in [6, 6.07) is 6.10. The van der Waals surface area contributed by atoms with Crippen molar-refractivity contribution in [3.05, 3.63) is 64.7 Å². The molecule has 4 aromatic rings. The van der Waals surface area contributed by atoms with Gasteiger partial charge in [0.05, 0.1) is 17.3 Å². The molecule has 0 bridgehead atoms. The van der Waals surface area contributed by atoms with Crippen molar-refractivity contribution in [2.24, 2.45) is 0 Å². The van der Waals surface area contributed by atoms with Gasteiger partial charge in [0.2, 0.25) is 5.88 Å². The van der Waals surface area contributed by atoms with E-state index in [1.54, 1.807) is 38.2 Å². The first-order valence-electron chi connectivity index (χ1n) is 10.7. The number of fused-ring (bicyclic) bond motifs is 1. The van der Waals surface area contributed by atoms with Crippen molar-refractivity contribution in [3.63, 3.8) is 0 Å². The summed E-state index contributed by atoms with van der Waals surface area (Å²) in [5.41, 5.74) is 0.348. The fraction of sp³-hybridized carbons (Fsp3) is 0.304. The van der Waals surface area contributed by atoms with Crippen LogP contribution in [0.5, 0.6) is 17.4 Å². The van der Waals surface area contributed by atoms with Crippen molar-refractivity contribution in [2.75, 3.05) is 0 Å². The van der Waals surface area contributed by atoms with Gasteiger partial charge in [-0.1, -0.05) is 0 Å². The number of benzene rings is 1. The number of rotatable bonds is 7. The minimum absolute atomic E-state index is 0.0111. The summed E-state index contributed by atoms with van der Waals surface area (Å²) in [7, 11) is 0. The summed E-state index contributed by atoms with van der Waals surface area (Å²) in [5, 5.41) is 14.3. The van der Waals surface area contributed by atoms with Crippen LogP contribution in [0.25, 0.3) is 16.5 Å². The first kappa shape index (κ1) is 24.2. The van der Waals surface area contributed by atoms with E-state index in [2.05, 4.69) is 15.1 Å². The molecule has 1 N–H and O–H groups in total. The monoisotopic (exact) mass is 489 g/mol. The van der Waals surface area contributed by atoms with E-state index in [1.807, 2.05) is 0 Å². The quantitative estimate of drug-likeness (QED) is 0.420. The fourth-order valence-electron chi connectivity index (χ4n) is 3.48. The summed E-state index contributed by atoms with van der Waals surface area (Å²) in [6.07, 6.45) is -2.33. The first-order chi connectivity index (χ1) is 16.6. The van der Waals surface area contributed by atoms with Gasteiger partial charge in [-0.3, -0.25) is 9.55 Å². The molecule has 0 aliphatic carbocycles. The van der Waals surface area contributed by atoms with Gasteiger partial charge in [0.1, 0.15) is 12.4 Å². The number of aliphatic hydroxyl groups excluding tert-OH is 1. The molecule has 9 nitrogen and oxygen atoms in total. The zero-order valence-electron chi connectivity index (χ0n) is 19.1. The van der Waals surface area contributed by atoms with Crippen LogP contribution in [0.3, 0.4) is 0 Å². The van der Waals surface area contributed by atoms with E-state index in [0.717, 1.165) is 17.2 Å². The number of aliphatic hydroxyl groups is 1. The van der Waals surface area contributed by atoms with E-state index < -0.39 is 24.6 Å². The Labute approximate surface area is 197 Å². The SMILES string of the molecule is CCn1c(CO)nn(-c2cc(O[C@@H](C)C(F)(F)F)c3c(Oc4cnccc4C)nccc3c2)c1=O. The molecule has 0 amide bonds. The third-order valence-electron chi connectivity index (χ3n) is 5.38. The second-order valence-corrected chi connectivity index (χ2v) is 7.72. The molecule has 0 aliphatic rings. The van der Waals surface area contributed by atoms with Gasteiger partial charge in [-0.25, -0.2) is 9.78 Å². The number of ether oxygens (including phenoxy) is 2. The lowest BCUT2D eigenvalue weighted by atomic mass is 10.1. The second kappa shape index (κ2) is 9.37. The van der Waals surface area contributed by atoms with Crippen LogP contribution in [0.1, 0.15) is 25.2 Å². The largest absolute Gasteiger partial charge is 0.480 e. The molecular formula is C23H22F3N5O4. The standard InChI is InChI=1S/C23H22F3N5O4/c1-4-30-19(12-32)29-31(22(30)33)16-9-15-6-8-28-21(35-18-11-27-7-5-13(18)2)20(15)17(10-16)34-14(3)23(24,25)26/h5-11,14,32H,4,12H2,1-3H3/t14-/m0/s1. The highest BCUT2D eigenvalue weighted by Crippen LogP contribution is 2.39. The van der Waals surface area contributed by atoms with E-state index in [9.17, 15) is 23.1 Å². The molecule has 184 valence electrons. The number of alkyl halides is 3. The van der Waals surface area contributed by atoms with Gasteiger partial charge >= 0.3 is 11.9 Å². The van der Waals surface area contributed by atoms with Gasteiger partial charge < -0.3 is 14.6 Å². The number of aryl methyl sites for hydroxylation is 1. The molecule has 0 unspecified atom stereocenters. The molecule has 3 heterocycles. The predicted octanol–water partition coefficient (Wildman–Crippen LogP) is 3.92. The lowest BCUT2D eigenvalue weighted by molar-refractivity contribution is -0.189. The Hall–Kier alpha value is -3.93. The fourth-order valence-corrected chi connectivity index (χ4v) is 3.48. The van der Waals surface area contributed by atoms with E-state index in [-0.39, 0.29) is 35.1 Å². The Morgan fingerprint density at radius 2 is 1.94 bits per heavy atom. The predicted molar refractivity (Wildman–Crippen MR) is 120 cm³/mol. The highest BCUT2D eigenvalue weighted by molar-refractivity contribution is 5.94. The molecular weight excluding hydrogens is 467 g/mol. The molecule has 0 fully saturated rings. The van der Waals surface area contributed by atoms with Crippen LogP contribution in [0, 0.1) is 6.92 Å². The van der Waals surface area contributed by atoms with Crippen molar-refractivity contribution in [1.29, 1.82) is 0 Å². The van der Waals surface area contributed by atoms with Gasteiger partial charge in [-0.2, -0.15) is 17.9 Å². The van der Waals surface area contributed by atoms with Crippen molar-refractivity contribution < 1.29 is 27.8 Å². The van der Waals surface area contributed by atoms with Crippen molar-refractivity contribution in [2.45, 2.75) is 46.2 Å². The Morgan fingerprint density at radius 1 is 1.17 bits per heavy atom. The maximum absolute atomic E-state index is 13.4. The summed E-state index contributed by atoms with van der Waals surface area (Å²) in [4.78, 5) is 21.1. The Kier molecular flexibility index (Phi) is 6.48. The average molecular weight is 489 g/mol. The highest BCUT2D eigenvalue weighted by Gasteiger charge is 2.38. The molecule has 0 radical (unpaired) electrons. The normalized spacial score (nSPS) is 12.7. The Balaban J connectivity index is 1.93. The number of nitrogens with zero attached hydrogens (tertiary/aromatic N) is 5. The number of hydrogen-bond donors (Lipinski definition) is 1. The maximum Gasteiger partial charge on any atom is 0.425 e. The summed E-state index contributed by atoms with van der Waals surface area (Å²) in [5.74, 6) is 0.305. The van der Waals surface area contributed by atoms with E-state index in [1.165, 1.54) is 23.0 Å². The third-order valence-corrected chi connectivity index (χ3v) is 5.38. The molecule has 12 heteroatoms. The van der Waals surface area contributed by atoms with Crippen molar-refractivity contribution >= 4 is 10.8 Å². The molecule has 0 saturated carbocycles. The molecule has 1 aromatic carbocycles. The van der Waals surface area contributed by atoms with E-state index in [4.69, 9.17) is 9.47 Å². The van der Waals surface area contributed by atoms with Crippen molar-refractivity contribution in [3.8, 4) is 23.1 Å². The van der Waals surface area contributed by atoms with Crippen LogP contribution < -0.4 is 15.2 Å². The topological polar surface area (TPSA) is 104 Å².